The fourth-order valence-electron chi connectivity index (χ4n) is 1.79. The van der Waals surface area contributed by atoms with Crippen molar-refractivity contribution in [1.82, 2.24) is 19.9 Å². The minimum absolute atomic E-state index is 0.308. The highest BCUT2D eigenvalue weighted by atomic mass is 16.5. The van der Waals surface area contributed by atoms with Crippen LogP contribution in [0.3, 0.4) is 0 Å². The van der Waals surface area contributed by atoms with Gasteiger partial charge in [-0.3, -0.25) is 4.68 Å². The van der Waals surface area contributed by atoms with E-state index in [2.05, 4.69) is 34.4 Å². The Morgan fingerprint density at radius 2 is 2.28 bits per heavy atom. The molecule has 0 bridgehead atoms. The summed E-state index contributed by atoms with van der Waals surface area (Å²) in [5.41, 5.74) is 7.69. The largest absolute Gasteiger partial charge is 0.394 e. The first kappa shape index (κ1) is 12.4. The van der Waals surface area contributed by atoms with Gasteiger partial charge in [-0.1, -0.05) is 19.0 Å². The maximum atomic E-state index is 6.07. The minimum atomic E-state index is 0.308. The maximum absolute atomic E-state index is 6.07. The predicted molar refractivity (Wildman–Crippen MR) is 68.2 cm³/mol. The number of hydrogen-bond acceptors (Lipinski definition) is 6. The molecule has 3 N–H and O–H groups in total. The van der Waals surface area contributed by atoms with E-state index in [4.69, 9.17) is 10.3 Å². The lowest BCUT2D eigenvalue weighted by molar-refractivity contribution is 0.379. The predicted octanol–water partition coefficient (Wildman–Crippen LogP) is 1.16. The van der Waals surface area contributed by atoms with Gasteiger partial charge in [0.15, 0.2) is 6.33 Å². The van der Waals surface area contributed by atoms with E-state index < -0.39 is 0 Å². The van der Waals surface area contributed by atoms with Crippen molar-refractivity contribution in [3.8, 4) is 0 Å². The smallest absolute Gasteiger partial charge is 0.228 e. The first-order valence-electron chi connectivity index (χ1n) is 5.91. The van der Waals surface area contributed by atoms with Crippen molar-refractivity contribution in [2.45, 2.75) is 26.2 Å². The van der Waals surface area contributed by atoms with Crippen LogP contribution >= 0.6 is 0 Å². The molecule has 0 saturated carbocycles. The number of rotatable bonds is 5. The van der Waals surface area contributed by atoms with Crippen LogP contribution in [0.4, 0.5) is 11.5 Å². The van der Waals surface area contributed by atoms with E-state index in [1.54, 1.807) is 4.68 Å². The highest BCUT2D eigenvalue weighted by Gasteiger charge is 2.15. The molecule has 0 atom stereocenters. The normalized spacial score (nSPS) is 11.1. The van der Waals surface area contributed by atoms with Gasteiger partial charge in [0.1, 0.15) is 5.82 Å². The molecule has 0 amide bonds. The average Bonchev–Trinajstić information content (AvgIpc) is 2.91. The third-order valence-electron chi connectivity index (χ3n) is 2.70. The third kappa shape index (κ3) is 2.44. The van der Waals surface area contributed by atoms with Crippen LogP contribution < -0.4 is 11.1 Å². The second-order valence-corrected chi connectivity index (χ2v) is 4.44. The van der Waals surface area contributed by atoms with Gasteiger partial charge in [-0.15, -0.1) is 0 Å². The molecule has 0 fully saturated rings. The number of anilines is 2. The summed E-state index contributed by atoms with van der Waals surface area (Å²) < 4.78 is 6.68. The number of nitrogens with zero attached hydrogens (tertiary/aromatic N) is 4. The molecule has 0 unspecified atom stereocenters. The lowest BCUT2D eigenvalue weighted by Crippen LogP contribution is -2.10. The van der Waals surface area contributed by atoms with Gasteiger partial charge in [-0.05, 0) is 5.92 Å². The Kier molecular flexibility index (Phi) is 3.50. The Morgan fingerprint density at radius 3 is 2.83 bits per heavy atom. The Morgan fingerprint density at radius 1 is 1.50 bits per heavy atom. The van der Waals surface area contributed by atoms with Crippen LogP contribution in [0, 0.1) is 0 Å². The molecule has 2 aromatic heterocycles. The van der Waals surface area contributed by atoms with Gasteiger partial charge in [0.05, 0.1) is 11.4 Å². The van der Waals surface area contributed by atoms with Crippen molar-refractivity contribution < 1.29 is 4.52 Å². The molecular formula is C11H18N6O. The molecular weight excluding hydrogens is 232 g/mol. The van der Waals surface area contributed by atoms with Crippen LogP contribution in [0.15, 0.2) is 10.9 Å². The van der Waals surface area contributed by atoms with Crippen LogP contribution in [0.25, 0.3) is 0 Å². The summed E-state index contributed by atoms with van der Waals surface area (Å²) >= 11 is 0. The summed E-state index contributed by atoms with van der Waals surface area (Å²) in [4.78, 5) is 3.95. The van der Waals surface area contributed by atoms with Gasteiger partial charge in [-0.2, -0.15) is 10.1 Å². The van der Waals surface area contributed by atoms with Gasteiger partial charge in [0, 0.05) is 20.0 Å². The van der Waals surface area contributed by atoms with Gasteiger partial charge in [0.25, 0.3) is 0 Å². The summed E-state index contributed by atoms with van der Waals surface area (Å²) in [6, 6.07) is 0. The van der Waals surface area contributed by atoms with Crippen molar-refractivity contribution in [3.63, 3.8) is 0 Å². The van der Waals surface area contributed by atoms with Crippen molar-refractivity contribution >= 4 is 11.5 Å². The van der Waals surface area contributed by atoms with E-state index in [0.29, 0.717) is 30.5 Å². The summed E-state index contributed by atoms with van der Waals surface area (Å²) in [7, 11) is 1.87. The molecule has 0 spiro atoms. The van der Waals surface area contributed by atoms with E-state index in [1.807, 2.05) is 7.05 Å². The average molecular weight is 250 g/mol. The zero-order chi connectivity index (χ0) is 13.1. The first-order chi connectivity index (χ1) is 8.59. The Balaban J connectivity index is 2.01. The highest BCUT2D eigenvalue weighted by Crippen LogP contribution is 2.27. The molecule has 2 rings (SSSR count). The highest BCUT2D eigenvalue weighted by molar-refractivity contribution is 5.65. The summed E-state index contributed by atoms with van der Waals surface area (Å²) in [5.74, 6) is 1.74. The second kappa shape index (κ2) is 5.07. The SMILES string of the molecule is CC(C)c1nn(C)c(NCCc2ncno2)c1N. The van der Waals surface area contributed by atoms with Crippen LogP contribution in [-0.2, 0) is 13.5 Å². The number of aromatic nitrogens is 4. The molecule has 2 heterocycles. The number of nitrogens with two attached hydrogens (primary N) is 1. The van der Waals surface area contributed by atoms with E-state index in [-0.39, 0.29) is 0 Å². The van der Waals surface area contributed by atoms with E-state index >= 15 is 0 Å². The lowest BCUT2D eigenvalue weighted by Gasteiger charge is -2.06. The fourth-order valence-corrected chi connectivity index (χ4v) is 1.79. The molecule has 7 nitrogen and oxygen atoms in total. The zero-order valence-electron chi connectivity index (χ0n) is 10.8. The van der Waals surface area contributed by atoms with Crippen molar-refractivity contribution in [3.05, 3.63) is 17.9 Å². The number of aryl methyl sites for hydroxylation is 1. The molecule has 0 aromatic carbocycles. The fraction of sp³-hybridized carbons (Fsp3) is 0.545. The molecule has 18 heavy (non-hydrogen) atoms. The van der Waals surface area contributed by atoms with Crippen molar-refractivity contribution in [2.24, 2.45) is 7.05 Å². The van der Waals surface area contributed by atoms with E-state index in [0.717, 1.165) is 11.5 Å². The third-order valence-corrected chi connectivity index (χ3v) is 2.70. The van der Waals surface area contributed by atoms with Crippen molar-refractivity contribution in [2.75, 3.05) is 17.6 Å². The summed E-state index contributed by atoms with van der Waals surface area (Å²) in [6.45, 7) is 4.81. The Labute approximate surface area is 105 Å². The maximum Gasteiger partial charge on any atom is 0.228 e. The first-order valence-corrected chi connectivity index (χ1v) is 5.91. The summed E-state index contributed by atoms with van der Waals surface area (Å²) in [6.07, 6.45) is 2.05. The Hall–Kier alpha value is -2.05. The van der Waals surface area contributed by atoms with Crippen LogP contribution in [0.2, 0.25) is 0 Å². The van der Waals surface area contributed by atoms with E-state index in [1.165, 1.54) is 6.33 Å². The molecule has 0 aliphatic rings. The molecule has 7 heteroatoms. The molecule has 0 aliphatic carbocycles. The van der Waals surface area contributed by atoms with E-state index in [9.17, 15) is 0 Å². The van der Waals surface area contributed by atoms with Crippen LogP contribution in [0.5, 0.6) is 0 Å². The van der Waals surface area contributed by atoms with Crippen LogP contribution in [0.1, 0.15) is 31.4 Å². The molecule has 0 aliphatic heterocycles. The molecule has 0 radical (unpaired) electrons. The standard InChI is InChI=1S/C11H18N6O/c1-7(2)10-9(12)11(17(3)16-10)13-5-4-8-14-6-15-18-8/h6-7,13H,4-5,12H2,1-3H3. The lowest BCUT2D eigenvalue weighted by atomic mass is 10.1. The van der Waals surface area contributed by atoms with Gasteiger partial charge in [-0.25, -0.2) is 0 Å². The molecule has 0 saturated heterocycles. The minimum Gasteiger partial charge on any atom is -0.394 e. The summed E-state index contributed by atoms with van der Waals surface area (Å²) in [5, 5.41) is 11.2. The number of nitrogen functional groups attached to an aromatic ring is 1. The van der Waals surface area contributed by atoms with Gasteiger partial charge < -0.3 is 15.6 Å². The number of hydrogen-bond donors (Lipinski definition) is 2. The monoisotopic (exact) mass is 250 g/mol. The topological polar surface area (TPSA) is 94.8 Å². The van der Waals surface area contributed by atoms with Gasteiger partial charge >= 0.3 is 0 Å². The van der Waals surface area contributed by atoms with Crippen LogP contribution in [-0.4, -0.2) is 26.5 Å². The molecule has 2 aromatic rings. The second-order valence-electron chi connectivity index (χ2n) is 4.44. The number of nitrogens with one attached hydrogen (secondary N) is 1. The van der Waals surface area contributed by atoms with Crippen molar-refractivity contribution in [1.29, 1.82) is 0 Å². The quantitative estimate of drug-likeness (QED) is 0.827. The Bertz CT molecular complexity index is 502. The zero-order valence-corrected chi connectivity index (χ0v) is 10.8. The van der Waals surface area contributed by atoms with Gasteiger partial charge in [0.2, 0.25) is 5.89 Å². The molecule has 98 valence electrons.